The number of rotatable bonds is 1. The van der Waals surface area contributed by atoms with Crippen molar-refractivity contribution in [2.75, 3.05) is 26.2 Å². The molecule has 0 aromatic heterocycles. The fraction of sp³-hybridized carbons (Fsp3) is 0.917. The van der Waals surface area contributed by atoms with E-state index in [-0.39, 0.29) is 30.5 Å². The van der Waals surface area contributed by atoms with E-state index in [1.807, 2.05) is 11.8 Å². The molecule has 2 aliphatic heterocycles. The van der Waals surface area contributed by atoms with Gasteiger partial charge >= 0.3 is 0 Å². The predicted molar refractivity (Wildman–Crippen MR) is 69.4 cm³/mol. The van der Waals surface area contributed by atoms with Crippen LogP contribution in [-0.2, 0) is 9.53 Å². The molecule has 0 aliphatic carbocycles. The molecule has 2 heterocycles. The van der Waals surface area contributed by atoms with Crippen LogP contribution in [0.15, 0.2) is 0 Å². The fourth-order valence-electron chi connectivity index (χ4n) is 2.51. The zero-order chi connectivity index (χ0) is 11.5. The summed E-state index contributed by atoms with van der Waals surface area (Å²) in [4.78, 5) is 14.3. The first-order valence-electron chi connectivity index (χ1n) is 6.31. The van der Waals surface area contributed by atoms with Crippen LogP contribution in [0.4, 0.5) is 0 Å². The molecular formula is C12H23ClN2O2. The van der Waals surface area contributed by atoms with Crippen molar-refractivity contribution in [1.82, 2.24) is 10.2 Å². The second-order valence-corrected chi connectivity index (χ2v) is 5.03. The van der Waals surface area contributed by atoms with Gasteiger partial charge in [-0.05, 0) is 33.2 Å². The average molecular weight is 263 g/mol. The summed E-state index contributed by atoms with van der Waals surface area (Å²) in [6, 6.07) is 0.227. The summed E-state index contributed by atoms with van der Waals surface area (Å²) >= 11 is 0. The minimum atomic E-state index is 0. The summed E-state index contributed by atoms with van der Waals surface area (Å²) in [6.07, 6.45) is 2.33. The number of ether oxygens (including phenoxy) is 1. The molecule has 2 fully saturated rings. The molecule has 0 saturated carbocycles. The van der Waals surface area contributed by atoms with Crippen LogP contribution in [0.2, 0.25) is 0 Å². The Bertz CT molecular complexity index is 257. The van der Waals surface area contributed by atoms with Crippen molar-refractivity contribution < 1.29 is 9.53 Å². The Balaban J connectivity index is 0.00000144. The van der Waals surface area contributed by atoms with Crippen LogP contribution in [0.3, 0.4) is 0 Å². The summed E-state index contributed by atoms with van der Waals surface area (Å²) < 4.78 is 5.55. The van der Waals surface area contributed by atoms with Gasteiger partial charge in [0.25, 0.3) is 0 Å². The number of nitrogens with zero attached hydrogens (tertiary/aromatic N) is 1. The molecular weight excluding hydrogens is 240 g/mol. The molecule has 17 heavy (non-hydrogen) atoms. The summed E-state index contributed by atoms with van der Waals surface area (Å²) in [5.41, 5.74) is 0. The minimum Gasteiger partial charge on any atom is -0.375 e. The lowest BCUT2D eigenvalue weighted by molar-refractivity contribution is -0.148. The van der Waals surface area contributed by atoms with Crippen LogP contribution < -0.4 is 5.32 Å². The van der Waals surface area contributed by atoms with Gasteiger partial charge < -0.3 is 15.0 Å². The number of hydrogen-bond acceptors (Lipinski definition) is 3. The quantitative estimate of drug-likeness (QED) is 0.768. The monoisotopic (exact) mass is 262 g/mol. The van der Waals surface area contributed by atoms with Crippen molar-refractivity contribution in [2.45, 2.75) is 38.8 Å². The largest absolute Gasteiger partial charge is 0.375 e. The first-order chi connectivity index (χ1) is 7.68. The summed E-state index contributed by atoms with van der Waals surface area (Å²) in [7, 11) is 0. The van der Waals surface area contributed by atoms with Crippen molar-refractivity contribution in [3.63, 3.8) is 0 Å². The van der Waals surface area contributed by atoms with Crippen molar-refractivity contribution >= 4 is 18.3 Å². The number of halogens is 1. The number of morpholine rings is 1. The molecule has 0 spiro atoms. The molecule has 3 atom stereocenters. The van der Waals surface area contributed by atoms with Gasteiger partial charge in [-0.1, -0.05) is 0 Å². The Morgan fingerprint density at radius 3 is 2.82 bits per heavy atom. The maximum atomic E-state index is 12.3. The highest BCUT2D eigenvalue weighted by Crippen LogP contribution is 2.18. The first kappa shape index (κ1) is 14.7. The van der Waals surface area contributed by atoms with Gasteiger partial charge in [-0.3, -0.25) is 4.79 Å². The summed E-state index contributed by atoms with van der Waals surface area (Å²) in [6.45, 7) is 7.42. The Kier molecular flexibility index (Phi) is 5.70. The second kappa shape index (κ2) is 6.57. The number of carbonyl (C=O) groups is 1. The Morgan fingerprint density at radius 1 is 1.41 bits per heavy atom. The van der Waals surface area contributed by atoms with Crippen LogP contribution in [0, 0.1) is 5.92 Å². The molecule has 0 aromatic carbocycles. The lowest BCUT2D eigenvalue weighted by Crippen LogP contribution is -2.53. The van der Waals surface area contributed by atoms with Gasteiger partial charge in [-0.2, -0.15) is 0 Å². The smallest absolute Gasteiger partial charge is 0.227 e. The van der Waals surface area contributed by atoms with Crippen molar-refractivity contribution in [3.8, 4) is 0 Å². The van der Waals surface area contributed by atoms with Crippen molar-refractivity contribution in [3.05, 3.63) is 0 Å². The third-order valence-corrected chi connectivity index (χ3v) is 3.54. The van der Waals surface area contributed by atoms with Crippen molar-refractivity contribution in [1.29, 1.82) is 0 Å². The summed E-state index contributed by atoms with van der Waals surface area (Å²) in [5.74, 6) is 0.497. The zero-order valence-corrected chi connectivity index (χ0v) is 11.5. The zero-order valence-electron chi connectivity index (χ0n) is 10.6. The van der Waals surface area contributed by atoms with E-state index < -0.39 is 0 Å². The molecule has 2 aliphatic rings. The molecule has 2 rings (SSSR count). The third kappa shape index (κ3) is 3.57. The van der Waals surface area contributed by atoms with Gasteiger partial charge in [0.2, 0.25) is 5.91 Å². The fourth-order valence-corrected chi connectivity index (χ4v) is 2.51. The normalized spacial score (nSPS) is 34.0. The summed E-state index contributed by atoms with van der Waals surface area (Å²) in [5, 5.41) is 3.30. The number of nitrogens with one attached hydrogen (secondary N) is 1. The van der Waals surface area contributed by atoms with E-state index in [9.17, 15) is 4.79 Å². The van der Waals surface area contributed by atoms with E-state index >= 15 is 0 Å². The number of hydrogen-bond donors (Lipinski definition) is 1. The lowest BCUT2D eigenvalue weighted by atomic mass is 9.97. The van der Waals surface area contributed by atoms with Gasteiger partial charge in [0, 0.05) is 13.1 Å². The van der Waals surface area contributed by atoms with Crippen LogP contribution in [0.25, 0.3) is 0 Å². The number of carbonyl (C=O) groups excluding carboxylic acids is 1. The Labute approximate surface area is 109 Å². The number of piperidine rings is 1. The highest BCUT2D eigenvalue weighted by Gasteiger charge is 2.32. The van der Waals surface area contributed by atoms with E-state index in [4.69, 9.17) is 4.74 Å². The highest BCUT2D eigenvalue weighted by atomic mass is 35.5. The van der Waals surface area contributed by atoms with Crippen LogP contribution in [0.1, 0.15) is 26.7 Å². The second-order valence-electron chi connectivity index (χ2n) is 5.03. The Morgan fingerprint density at radius 2 is 2.18 bits per heavy atom. The van der Waals surface area contributed by atoms with Gasteiger partial charge in [-0.15, -0.1) is 12.4 Å². The maximum absolute atomic E-state index is 12.3. The lowest BCUT2D eigenvalue weighted by Gasteiger charge is -2.39. The molecule has 1 N–H and O–H groups in total. The van der Waals surface area contributed by atoms with Crippen molar-refractivity contribution in [2.24, 2.45) is 5.92 Å². The molecule has 0 bridgehead atoms. The van der Waals surface area contributed by atoms with Crippen LogP contribution in [-0.4, -0.2) is 49.2 Å². The minimum absolute atomic E-state index is 0. The molecule has 0 aromatic rings. The number of amides is 1. The SMILES string of the molecule is CC1CN(C(=O)C2CCCNC2)C(C)CO1.Cl. The average Bonchev–Trinajstić information content (AvgIpc) is 2.32. The molecule has 2 saturated heterocycles. The highest BCUT2D eigenvalue weighted by molar-refractivity contribution is 5.85. The first-order valence-corrected chi connectivity index (χ1v) is 6.31. The molecule has 5 heteroatoms. The molecule has 1 amide bonds. The Hall–Kier alpha value is -0.320. The van der Waals surface area contributed by atoms with Crippen LogP contribution in [0.5, 0.6) is 0 Å². The van der Waals surface area contributed by atoms with E-state index in [0.717, 1.165) is 32.5 Å². The van der Waals surface area contributed by atoms with E-state index in [1.54, 1.807) is 0 Å². The third-order valence-electron chi connectivity index (χ3n) is 3.54. The van der Waals surface area contributed by atoms with E-state index in [0.29, 0.717) is 12.5 Å². The molecule has 100 valence electrons. The van der Waals surface area contributed by atoms with Gasteiger partial charge in [0.1, 0.15) is 0 Å². The molecule has 4 nitrogen and oxygen atoms in total. The maximum Gasteiger partial charge on any atom is 0.227 e. The van der Waals surface area contributed by atoms with E-state index in [1.165, 1.54) is 0 Å². The van der Waals surface area contributed by atoms with Gasteiger partial charge in [-0.25, -0.2) is 0 Å². The standard InChI is InChI=1S/C12H22N2O2.ClH/c1-9-8-16-10(2)7-14(9)12(15)11-4-3-5-13-6-11;/h9-11,13H,3-8H2,1-2H3;1H. The molecule has 0 radical (unpaired) electrons. The topological polar surface area (TPSA) is 41.6 Å². The van der Waals surface area contributed by atoms with E-state index in [2.05, 4.69) is 12.2 Å². The van der Waals surface area contributed by atoms with Gasteiger partial charge in [0.05, 0.1) is 24.7 Å². The predicted octanol–water partition coefficient (Wildman–Crippen LogP) is 1.04. The molecule has 3 unspecified atom stereocenters. The van der Waals surface area contributed by atoms with Crippen LogP contribution >= 0.6 is 12.4 Å². The van der Waals surface area contributed by atoms with Gasteiger partial charge in [0.15, 0.2) is 0 Å².